The fourth-order valence-corrected chi connectivity index (χ4v) is 5.93. The number of imide groups is 2. The number of carbonyl (C=O) groups is 5. The molecule has 1 aromatic rings. The summed E-state index contributed by atoms with van der Waals surface area (Å²) in [5.74, 6) is -2.12. The van der Waals surface area contributed by atoms with E-state index in [1.54, 1.807) is 12.1 Å². The lowest BCUT2D eigenvalue weighted by atomic mass is 9.72. The van der Waals surface area contributed by atoms with Crippen molar-refractivity contribution in [3.05, 3.63) is 29.3 Å². The number of benzene rings is 1. The van der Waals surface area contributed by atoms with Gasteiger partial charge in [-0.2, -0.15) is 0 Å². The van der Waals surface area contributed by atoms with Crippen molar-refractivity contribution in [2.45, 2.75) is 69.9 Å². The Bertz CT molecular complexity index is 1130. The fraction of sp³-hybridized carbons (Fsp3) is 0.577. The van der Waals surface area contributed by atoms with Crippen LogP contribution in [-0.4, -0.2) is 65.8 Å². The van der Waals surface area contributed by atoms with Gasteiger partial charge >= 0.3 is 0 Å². The Labute approximate surface area is 209 Å². The quantitative estimate of drug-likeness (QED) is 0.413. The summed E-state index contributed by atoms with van der Waals surface area (Å²) >= 11 is 0. The van der Waals surface area contributed by atoms with E-state index in [0.717, 1.165) is 30.8 Å². The molecule has 2 N–H and O–H groups in total. The van der Waals surface area contributed by atoms with Crippen LogP contribution < -0.4 is 15.4 Å². The standard InChI is InChI=1S/C26H31N3O7/c1-25-10-4-11-26(13-25,36-15-25)14-27-19(30)7-3-12-35-18-6-2-5-16-21(18)24(34)29(23(16)33)17-8-9-20(31)28-22(17)32/h2,5-6,17H,3-4,7-15H2,1H3,(H,27,30)(H,28,31,32). The fourth-order valence-electron chi connectivity index (χ4n) is 5.93. The second-order valence-corrected chi connectivity index (χ2v) is 10.7. The molecule has 36 heavy (non-hydrogen) atoms. The molecule has 0 radical (unpaired) electrons. The van der Waals surface area contributed by atoms with E-state index >= 15 is 0 Å². The van der Waals surface area contributed by atoms with Gasteiger partial charge in [0.15, 0.2) is 0 Å². The van der Waals surface area contributed by atoms with Crippen LogP contribution in [0.25, 0.3) is 0 Å². The number of hydrogen-bond acceptors (Lipinski definition) is 7. The Morgan fingerprint density at radius 3 is 2.86 bits per heavy atom. The third-order valence-corrected chi connectivity index (χ3v) is 7.73. The van der Waals surface area contributed by atoms with Crippen LogP contribution in [0.3, 0.4) is 0 Å². The van der Waals surface area contributed by atoms with Crippen LogP contribution in [0.15, 0.2) is 18.2 Å². The van der Waals surface area contributed by atoms with Gasteiger partial charge in [0.25, 0.3) is 11.8 Å². The molecule has 5 amide bonds. The molecule has 3 atom stereocenters. The van der Waals surface area contributed by atoms with E-state index in [1.165, 1.54) is 12.5 Å². The van der Waals surface area contributed by atoms with Gasteiger partial charge in [0.2, 0.25) is 17.7 Å². The SMILES string of the molecule is CC12CCCC(CNC(=O)CCCOc3cccc4c3C(=O)N(C3CCC(=O)NC3=O)C4=O)(C1)OC2. The predicted molar refractivity (Wildman–Crippen MR) is 126 cm³/mol. The van der Waals surface area contributed by atoms with Gasteiger partial charge in [-0.15, -0.1) is 0 Å². The summed E-state index contributed by atoms with van der Waals surface area (Å²) in [4.78, 5) is 63.0. The lowest BCUT2D eigenvalue weighted by Gasteiger charge is -2.35. The second kappa shape index (κ2) is 9.31. The molecular formula is C26H31N3O7. The highest BCUT2D eigenvalue weighted by Crippen LogP contribution is 2.49. The van der Waals surface area contributed by atoms with Crippen molar-refractivity contribution in [1.29, 1.82) is 0 Å². The van der Waals surface area contributed by atoms with Crippen LogP contribution in [-0.2, 0) is 19.1 Å². The third kappa shape index (κ3) is 4.50. The molecule has 2 saturated heterocycles. The van der Waals surface area contributed by atoms with Crippen LogP contribution in [0.1, 0.15) is 79.0 Å². The zero-order valence-corrected chi connectivity index (χ0v) is 20.4. The first-order chi connectivity index (χ1) is 17.2. The summed E-state index contributed by atoms with van der Waals surface area (Å²) in [6.45, 7) is 3.70. The minimum absolute atomic E-state index is 0.0573. The molecule has 3 fully saturated rings. The van der Waals surface area contributed by atoms with Crippen molar-refractivity contribution < 1.29 is 33.4 Å². The van der Waals surface area contributed by atoms with E-state index < -0.39 is 29.7 Å². The van der Waals surface area contributed by atoms with Gasteiger partial charge in [0.05, 0.1) is 29.9 Å². The van der Waals surface area contributed by atoms with Gasteiger partial charge in [-0.1, -0.05) is 13.0 Å². The normalized spacial score (nSPS) is 29.2. The molecular weight excluding hydrogens is 466 g/mol. The molecule has 1 aromatic carbocycles. The summed E-state index contributed by atoms with van der Waals surface area (Å²) in [5.41, 5.74) is 0.245. The third-order valence-electron chi connectivity index (χ3n) is 7.73. The molecule has 5 rings (SSSR count). The summed E-state index contributed by atoms with van der Waals surface area (Å²) in [5, 5.41) is 5.19. The molecule has 3 heterocycles. The van der Waals surface area contributed by atoms with Crippen molar-refractivity contribution in [3.63, 3.8) is 0 Å². The number of carbonyl (C=O) groups excluding carboxylic acids is 5. The molecule has 10 nitrogen and oxygen atoms in total. The Morgan fingerprint density at radius 1 is 1.22 bits per heavy atom. The number of nitrogens with zero attached hydrogens (tertiary/aromatic N) is 1. The van der Waals surface area contributed by atoms with Crippen LogP contribution in [0.2, 0.25) is 0 Å². The summed E-state index contributed by atoms with van der Waals surface area (Å²) < 4.78 is 11.9. The Morgan fingerprint density at radius 2 is 2.06 bits per heavy atom. The number of piperidine rings is 1. The maximum Gasteiger partial charge on any atom is 0.266 e. The maximum atomic E-state index is 13.1. The van der Waals surface area contributed by atoms with Crippen LogP contribution in [0.4, 0.5) is 0 Å². The summed E-state index contributed by atoms with van der Waals surface area (Å²) in [7, 11) is 0. The topological polar surface area (TPSA) is 131 Å². The predicted octanol–water partition coefficient (Wildman–Crippen LogP) is 1.71. The molecule has 192 valence electrons. The largest absolute Gasteiger partial charge is 0.493 e. The molecule has 4 aliphatic rings. The number of ether oxygens (including phenoxy) is 2. The first-order valence-electron chi connectivity index (χ1n) is 12.6. The zero-order valence-electron chi connectivity index (χ0n) is 20.4. The lowest BCUT2D eigenvalue weighted by molar-refractivity contribution is -0.136. The molecule has 0 spiro atoms. The highest BCUT2D eigenvalue weighted by molar-refractivity contribution is 6.24. The van der Waals surface area contributed by atoms with Crippen molar-refractivity contribution in [2.24, 2.45) is 5.41 Å². The molecule has 10 heteroatoms. The van der Waals surface area contributed by atoms with Crippen LogP contribution >= 0.6 is 0 Å². The zero-order chi connectivity index (χ0) is 25.5. The monoisotopic (exact) mass is 497 g/mol. The summed E-state index contributed by atoms with van der Waals surface area (Å²) in [6, 6.07) is 3.69. The number of hydrogen-bond donors (Lipinski definition) is 2. The number of rotatable bonds is 8. The van der Waals surface area contributed by atoms with Crippen molar-refractivity contribution in [3.8, 4) is 5.75 Å². The molecule has 2 bridgehead atoms. The van der Waals surface area contributed by atoms with Gasteiger partial charge in [0, 0.05) is 19.4 Å². The minimum Gasteiger partial charge on any atom is -0.493 e. The van der Waals surface area contributed by atoms with Gasteiger partial charge in [0.1, 0.15) is 11.8 Å². The highest BCUT2D eigenvalue weighted by atomic mass is 16.5. The number of fused-ring (bicyclic) bond motifs is 3. The highest BCUT2D eigenvalue weighted by Gasteiger charge is 2.50. The van der Waals surface area contributed by atoms with E-state index in [9.17, 15) is 24.0 Å². The van der Waals surface area contributed by atoms with Crippen molar-refractivity contribution in [1.82, 2.24) is 15.5 Å². The van der Waals surface area contributed by atoms with Gasteiger partial charge in [-0.3, -0.25) is 34.2 Å². The van der Waals surface area contributed by atoms with Crippen molar-refractivity contribution >= 4 is 29.5 Å². The Kier molecular flexibility index (Phi) is 6.32. The Hall–Kier alpha value is -3.27. The maximum absolute atomic E-state index is 13.1. The molecule has 3 aliphatic heterocycles. The average molecular weight is 498 g/mol. The van der Waals surface area contributed by atoms with E-state index in [1.807, 2.05) is 0 Å². The van der Waals surface area contributed by atoms with E-state index in [-0.39, 0.29) is 59.7 Å². The molecule has 0 aromatic heterocycles. The number of amides is 5. The van der Waals surface area contributed by atoms with Crippen molar-refractivity contribution in [2.75, 3.05) is 19.8 Å². The van der Waals surface area contributed by atoms with Gasteiger partial charge < -0.3 is 14.8 Å². The van der Waals surface area contributed by atoms with E-state index in [0.29, 0.717) is 13.0 Å². The first-order valence-corrected chi connectivity index (χ1v) is 12.6. The van der Waals surface area contributed by atoms with Gasteiger partial charge in [-0.25, -0.2) is 0 Å². The van der Waals surface area contributed by atoms with Crippen LogP contribution in [0.5, 0.6) is 5.75 Å². The first kappa shape index (κ1) is 24.4. The van der Waals surface area contributed by atoms with Gasteiger partial charge in [-0.05, 0) is 56.1 Å². The Balaban J connectivity index is 1.14. The second-order valence-electron chi connectivity index (χ2n) is 10.7. The molecule has 3 unspecified atom stereocenters. The van der Waals surface area contributed by atoms with E-state index in [2.05, 4.69) is 17.6 Å². The number of nitrogens with one attached hydrogen (secondary N) is 2. The minimum atomic E-state index is -1.03. The summed E-state index contributed by atoms with van der Waals surface area (Å²) in [6.07, 6.45) is 5.07. The van der Waals surface area contributed by atoms with E-state index in [4.69, 9.17) is 9.47 Å². The molecule has 1 aliphatic carbocycles. The van der Waals surface area contributed by atoms with Crippen LogP contribution in [0, 0.1) is 5.41 Å². The lowest BCUT2D eigenvalue weighted by Crippen LogP contribution is -2.54. The smallest absolute Gasteiger partial charge is 0.266 e. The average Bonchev–Trinajstić information content (AvgIpc) is 3.24. The molecule has 1 saturated carbocycles.